The molecular weight excluding hydrogens is 188 g/mol. The van der Waals surface area contributed by atoms with Gasteiger partial charge < -0.3 is 9.80 Å². The zero-order chi connectivity index (χ0) is 10.3. The first-order valence-electron chi connectivity index (χ1n) is 5.68. The first kappa shape index (κ1) is 8.95. The van der Waals surface area contributed by atoms with Crippen LogP contribution in [0.25, 0.3) is 0 Å². The molecule has 15 heavy (non-hydrogen) atoms. The maximum atomic E-state index is 4.62. The van der Waals surface area contributed by atoms with Gasteiger partial charge in [0, 0.05) is 37.9 Å². The molecule has 0 amide bonds. The van der Waals surface area contributed by atoms with Crippen LogP contribution >= 0.6 is 0 Å². The first-order chi connectivity index (χ1) is 7.33. The van der Waals surface area contributed by atoms with Crippen molar-refractivity contribution >= 4 is 11.8 Å². The van der Waals surface area contributed by atoms with Crippen molar-refractivity contribution in [3.8, 4) is 0 Å². The van der Waals surface area contributed by atoms with Gasteiger partial charge in [-0.05, 0) is 19.8 Å². The molecule has 80 valence electrons. The number of aryl methyl sites for hydroxylation is 1. The molecule has 0 unspecified atom stereocenters. The largest absolute Gasteiger partial charge is 0.356 e. The summed E-state index contributed by atoms with van der Waals surface area (Å²) in [5, 5.41) is 0. The van der Waals surface area contributed by atoms with Crippen LogP contribution in [0.2, 0.25) is 0 Å². The lowest BCUT2D eigenvalue weighted by Gasteiger charge is -2.35. The Hall–Kier alpha value is -1.32. The molecule has 0 aliphatic carbocycles. The van der Waals surface area contributed by atoms with Crippen molar-refractivity contribution in [2.75, 3.05) is 36.0 Å². The van der Waals surface area contributed by atoms with Crippen molar-refractivity contribution < 1.29 is 0 Å². The van der Waals surface area contributed by atoms with Crippen molar-refractivity contribution in [3.05, 3.63) is 11.8 Å². The van der Waals surface area contributed by atoms with Crippen LogP contribution in [0.1, 0.15) is 18.5 Å². The molecule has 1 aromatic rings. The number of hydrogen-bond acceptors (Lipinski definition) is 4. The maximum absolute atomic E-state index is 4.62. The molecule has 4 heteroatoms. The smallest absolute Gasteiger partial charge is 0.227 e. The highest BCUT2D eigenvalue weighted by molar-refractivity contribution is 5.48. The van der Waals surface area contributed by atoms with Crippen molar-refractivity contribution in [1.82, 2.24) is 9.97 Å². The monoisotopic (exact) mass is 204 g/mol. The molecule has 3 heterocycles. The summed E-state index contributed by atoms with van der Waals surface area (Å²) in [4.78, 5) is 13.7. The zero-order valence-corrected chi connectivity index (χ0v) is 9.11. The van der Waals surface area contributed by atoms with E-state index in [1.165, 1.54) is 12.8 Å². The van der Waals surface area contributed by atoms with E-state index in [9.17, 15) is 0 Å². The van der Waals surface area contributed by atoms with E-state index in [4.69, 9.17) is 0 Å². The molecule has 2 fully saturated rings. The third kappa shape index (κ3) is 1.54. The summed E-state index contributed by atoms with van der Waals surface area (Å²) in [6.45, 7) is 6.58. The van der Waals surface area contributed by atoms with Crippen LogP contribution in [-0.4, -0.2) is 36.1 Å². The van der Waals surface area contributed by atoms with Gasteiger partial charge in [-0.1, -0.05) is 0 Å². The Bertz CT molecular complexity index is 337. The molecule has 0 aromatic carbocycles. The Balaban J connectivity index is 1.89. The van der Waals surface area contributed by atoms with E-state index in [0.29, 0.717) is 0 Å². The van der Waals surface area contributed by atoms with Crippen LogP contribution in [0.5, 0.6) is 0 Å². The van der Waals surface area contributed by atoms with E-state index in [0.717, 1.165) is 43.6 Å². The molecule has 2 aliphatic rings. The van der Waals surface area contributed by atoms with Crippen molar-refractivity contribution in [1.29, 1.82) is 0 Å². The second-order valence-corrected chi connectivity index (χ2v) is 4.35. The lowest BCUT2D eigenvalue weighted by Crippen LogP contribution is -2.40. The Labute approximate surface area is 89.9 Å². The second kappa shape index (κ2) is 3.36. The van der Waals surface area contributed by atoms with Gasteiger partial charge in [0.1, 0.15) is 5.82 Å². The molecule has 0 bridgehead atoms. The number of nitrogens with zero attached hydrogens (tertiary/aromatic N) is 4. The number of hydrogen-bond donors (Lipinski definition) is 0. The van der Waals surface area contributed by atoms with Crippen LogP contribution in [0.15, 0.2) is 6.07 Å². The van der Waals surface area contributed by atoms with E-state index in [-0.39, 0.29) is 0 Å². The van der Waals surface area contributed by atoms with Gasteiger partial charge >= 0.3 is 0 Å². The van der Waals surface area contributed by atoms with Gasteiger partial charge in [-0.15, -0.1) is 0 Å². The summed E-state index contributed by atoms with van der Waals surface area (Å²) >= 11 is 0. The molecular formula is C11H16N4. The van der Waals surface area contributed by atoms with E-state index in [2.05, 4.69) is 25.8 Å². The molecule has 0 N–H and O–H groups in total. The minimum atomic E-state index is 0.920. The van der Waals surface area contributed by atoms with Crippen LogP contribution in [0.3, 0.4) is 0 Å². The lowest BCUT2D eigenvalue weighted by atomic mass is 10.2. The van der Waals surface area contributed by atoms with Crippen molar-refractivity contribution in [2.24, 2.45) is 0 Å². The molecule has 2 saturated heterocycles. The average Bonchev–Trinajstić information content (AvgIpc) is 1.95. The third-order valence-electron chi connectivity index (χ3n) is 3.15. The number of aromatic nitrogens is 2. The van der Waals surface area contributed by atoms with Gasteiger partial charge in [0.15, 0.2) is 0 Å². The lowest BCUT2D eigenvalue weighted by molar-refractivity contribution is 0.586. The second-order valence-electron chi connectivity index (χ2n) is 4.35. The summed E-state index contributed by atoms with van der Waals surface area (Å²) in [6, 6.07) is 2.09. The Morgan fingerprint density at radius 1 is 1.00 bits per heavy atom. The van der Waals surface area contributed by atoms with Crippen molar-refractivity contribution in [3.63, 3.8) is 0 Å². The molecule has 0 atom stereocenters. The normalized spacial score (nSPS) is 19.8. The summed E-state index contributed by atoms with van der Waals surface area (Å²) in [5.41, 5.74) is 1.08. The first-order valence-corrected chi connectivity index (χ1v) is 5.68. The van der Waals surface area contributed by atoms with E-state index >= 15 is 0 Å². The molecule has 2 aliphatic heterocycles. The topological polar surface area (TPSA) is 32.3 Å². The fourth-order valence-corrected chi connectivity index (χ4v) is 1.90. The van der Waals surface area contributed by atoms with E-state index in [1.54, 1.807) is 0 Å². The van der Waals surface area contributed by atoms with Gasteiger partial charge in [0.25, 0.3) is 0 Å². The Morgan fingerprint density at radius 3 is 2.20 bits per heavy atom. The summed E-state index contributed by atoms with van der Waals surface area (Å²) < 4.78 is 0. The molecule has 0 saturated carbocycles. The Kier molecular flexibility index (Phi) is 2.01. The van der Waals surface area contributed by atoms with Crippen molar-refractivity contribution in [2.45, 2.75) is 19.8 Å². The van der Waals surface area contributed by atoms with Gasteiger partial charge in [-0.3, -0.25) is 0 Å². The van der Waals surface area contributed by atoms with Crippen LogP contribution in [0.4, 0.5) is 11.8 Å². The molecule has 0 spiro atoms. The predicted octanol–water partition coefficient (Wildman–Crippen LogP) is 1.21. The zero-order valence-electron chi connectivity index (χ0n) is 9.11. The minimum Gasteiger partial charge on any atom is -0.356 e. The fourth-order valence-electron chi connectivity index (χ4n) is 1.90. The van der Waals surface area contributed by atoms with Gasteiger partial charge in [0.2, 0.25) is 5.95 Å². The number of rotatable bonds is 2. The van der Waals surface area contributed by atoms with E-state index < -0.39 is 0 Å². The highest BCUT2D eigenvalue weighted by Gasteiger charge is 2.21. The predicted molar refractivity (Wildman–Crippen MR) is 60.4 cm³/mol. The molecule has 1 aromatic heterocycles. The molecule has 3 rings (SSSR count). The summed E-state index contributed by atoms with van der Waals surface area (Å²) in [6.07, 6.45) is 2.57. The van der Waals surface area contributed by atoms with Crippen LogP contribution in [-0.2, 0) is 0 Å². The third-order valence-corrected chi connectivity index (χ3v) is 3.15. The summed E-state index contributed by atoms with van der Waals surface area (Å²) in [5.74, 6) is 2.03. The molecule has 4 nitrogen and oxygen atoms in total. The maximum Gasteiger partial charge on any atom is 0.227 e. The SMILES string of the molecule is Cc1cc(N2CCC2)nc(N2CCC2)n1. The van der Waals surface area contributed by atoms with Crippen LogP contribution < -0.4 is 9.80 Å². The molecule has 0 radical (unpaired) electrons. The van der Waals surface area contributed by atoms with Gasteiger partial charge in [-0.25, -0.2) is 4.98 Å². The quantitative estimate of drug-likeness (QED) is 0.724. The van der Waals surface area contributed by atoms with Gasteiger partial charge in [0.05, 0.1) is 0 Å². The van der Waals surface area contributed by atoms with Crippen LogP contribution in [0, 0.1) is 6.92 Å². The number of anilines is 2. The fraction of sp³-hybridized carbons (Fsp3) is 0.636. The average molecular weight is 204 g/mol. The highest BCUT2D eigenvalue weighted by atomic mass is 15.3. The Morgan fingerprint density at radius 2 is 1.67 bits per heavy atom. The van der Waals surface area contributed by atoms with E-state index in [1.807, 2.05) is 6.92 Å². The van der Waals surface area contributed by atoms with Gasteiger partial charge in [-0.2, -0.15) is 4.98 Å². The summed E-state index contributed by atoms with van der Waals surface area (Å²) in [7, 11) is 0. The minimum absolute atomic E-state index is 0.920. The highest BCUT2D eigenvalue weighted by Crippen LogP contribution is 2.23. The standard InChI is InChI=1S/C11H16N4/c1-9-8-10(14-4-2-5-14)13-11(12-9)15-6-3-7-15/h8H,2-7H2,1H3.